The van der Waals surface area contributed by atoms with E-state index in [2.05, 4.69) is 4.99 Å². The second-order valence-electron chi connectivity index (χ2n) is 3.18. The minimum absolute atomic E-state index is 0.107. The lowest BCUT2D eigenvalue weighted by Crippen LogP contribution is -1.98. The fraction of sp³-hybridized carbons (Fsp3) is 0.100. The molecule has 6 heteroatoms. The normalized spacial score (nSPS) is 17.2. The van der Waals surface area contributed by atoms with Gasteiger partial charge in [0.2, 0.25) is 9.84 Å². The molecule has 0 atom stereocenters. The molecular formula is C10H8ClNO3S. The predicted molar refractivity (Wildman–Crippen MR) is 62.4 cm³/mol. The summed E-state index contributed by atoms with van der Waals surface area (Å²) < 4.78 is 27.3. The Hall–Kier alpha value is -1.33. The largest absolute Gasteiger partial charge is 0.487 e. The molecule has 1 aromatic carbocycles. The zero-order chi connectivity index (χ0) is 11.6. The molecule has 1 heterocycles. The molecule has 1 aromatic rings. The number of hydrogen-bond acceptors (Lipinski definition) is 4. The summed E-state index contributed by atoms with van der Waals surface area (Å²) >= 11 is 5.77. The van der Waals surface area contributed by atoms with E-state index in [-0.39, 0.29) is 6.61 Å². The topological polar surface area (TPSA) is 55.7 Å². The van der Waals surface area contributed by atoms with Gasteiger partial charge in [0.25, 0.3) is 0 Å². The number of hydrogen-bond donors (Lipinski definition) is 0. The van der Waals surface area contributed by atoms with Crippen LogP contribution in [0, 0.1) is 0 Å². The molecule has 0 aliphatic carbocycles. The molecule has 0 radical (unpaired) electrons. The first-order valence-corrected chi connectivity index (χ1v) is 6.42. The second-order valence-corrected chi connectivity index (χ2v) is 5.24. The molecule has 1 aliphatic heterocycles. The summed E-state index contributed by atoms with van der Waals surface area (Å²) in [6, 6.07) is 6.86. The molecule has 0 saturated heterocycles. The number of nitrogens with zero attached hydrogens (tertiary/aromatic N) is 1. The third-order valence-corrected chi connectivity index (χ3v) is 3.08. The van der Waals surface area contributed by atoms with Crippen LogP contribution in [0.4, 0.5) is 0 Å². The molecule has 0 fully saturated rings. The molecule has 4 nitrogen and oxygen atoms in total. The van der Waals surface area contributed by atoms with Gasteiger partial charge in [-0.15, -0.1) is 0 Å². The van der Waals surface area contributed by atoms with Gasteiger partial charge in [-0.25, -0.2) is 13.4 Å². The summed E-state index contributed by atoms with van der Waals surface area (Å²) in [5, 5.41) is 1.64. The van der Waals surface area contributed by atoms with Gasteiger partial charge in [0.15, 0.2) is 0 Å². The van der Waals surface area contributed by atoms with Gasteiger partial charge in [-0.2, -0.15) is 0 Å². The third kappa shape index (κ3) is 2.84. The molecule has 1 aliphatic rings. The third-order valence-electron chi connectivity index (χ3n) is 1.85. The number of halogens is 1. The van der Waals surface area contributed by atoms with Gasteiger partial charge < -0.3 is 4.74 Å². The number of rotatable bonds is 3. The Morgan fingerprint density at radius 3 is 2.81 bits per heavy atom. The number of aliphatic imine (C=N–C) groups is 1. The summed E-state index contributed by atoms with van der Waals surface area (Å²) in [7, 11) is -3.27. The lowest BCUT2D eigenvalue weighted by Gasteiger charge is -2.04. The van der Waals surface area contributed by atoms with Crippen LogP contribution in [-0.4, -0.2) is 20.6 Å². The monoisotopic (exact) mass is 257 g/mol. The average Bonchev–Trinajstić information content (AvgIpc) is 2.56. The summed E-state index contributed by atoms with van der Waals surface area (Å²) in [4.78, 5) is 3.72. The molecule has 0 amide bonds. The molecule has 0 saturated carbocycles. The highest BCUT2D eigenvalue weighted by Gasteiger charge is 2.13. The van der Waals surface area contributed by atoms with E-state index in [1.807, 2.05) is 0 Å². The Morgan fingerprint density at radius 2 is 2.19 bits per heavy atom. The van der Waals surface area contributed by atoms with Crippen molar-refractivity contribution in [1.29, 1.82) is 0 Å². The first-order valence-electron chi connectivity index (χ1n) is 4.43. The summed E-state index contributed by atoms with van der Waals surface area (Å²) in [5.41, 5.74) is 1.28. The van der Waals surface area contributed by atoms with Crippen molar-refractivity contribution in [2.24, 2.45) is 4.99 Å². The van der Waals surface area contributed by atoms with Crippen LogP contribution in [0.1, 0.15) is 0 Å². The molecule has 0 unspecified atom stereocenters. The maximum Gasteiger partial charge on any atom is 0.212 e. The highest BCUT2D eigenvalue weighted by atomic mass is 35.5. The van der Waals surface area contributed by atoms with Crippen molar-refractivity contribution in [3.8, 4) is 5.75 Å². The Bertz CT molecular complexity index is 563. The lowest BCUT2D eigenvalue weighted by molar-refractivity contribution is 0.351. The van der Waals surface area contributed by atoms with Gasteiger partial charge in [-0.05, 0) is 18.2 Å². The zero-order valence-corrected chi connectivity index (χ0v) is 9.70. The number of ether oxygens (including phenoxy) is 1. The van der Waals surface area contributed by atoms with Crippen molar-refractivity contribution >= 4 is 27.0 Å². The molecule has 0 N–H and O–H groups in total. The molecule has 16 heavy (non-hydrogen) atoms. The Morgan fingerprint density at radius 1 is 1.38 bits per heavy atom. The van der Waals surface area contributed by atoms with E-state index < -0.39 is 9.84 Å². The standard InChI is InChI=1S/C10H8ClNO3S/c11-8-2-1-3-10(4-8)15-5-9-6-16(13,14)7-12-9/h1-4,6-7H,5H2. The number of benzene rings is 1. The first kappa shape index (κ1) is 11.2. The second kappa shape index (κ2) is 4.27. The molecule has 2 rings (SSSR count). The van der Waals surface area contributed by atoms with Crippen molar-refractivity contribution in [2.75, 3.05) is 6.61 Å². The maximum absolute atomic E-state index is 11.0. The summed E-state index contributed by atoms with van der Waals surface area (Å²) in [6.45, 7) is 0.107. The van der Waals surface area contributed by atoms with Crippen molar-refractivity contribution in [3.63, 3.8) is 0 Å². The predicted octanol–water partition coefficient (Wildman–Crippen LogP) is 2.02. The molecular weight excluding hydrogens is 250 g/mol. The minimum atomic E-state index is -3.27. The van der Waals surface area contributed by atoms with Crippen LogP contribution in [0.5, 0.6) is 5.75 Å². The van der Waals surface area contributed by atoms with Crippen molar-refractivity contribution < 1.29 is 13.2 Å². The molecule has 0 aromatic heterocycles. The fourth-order valence-corrected chi connectivity index (χ4v) is 2.21. The van der Waals surface area contributed by atoms with Crippen LogP contribution in [-0.2, 0) is 9.84 Å². The van der Waals surface area contributed by atoms with Crippen LogP contribution < -0.4 is 4.74 Å². The number of sulfone groups is 1. The van der Waals surface area contributed by atoms with E-state index in [4.69, 9.17) is 16.3 Å². The van der Waals surface area contributed by atoms with Gasteiger partial charge in [-0.1, -0.05) is 17.7 Å². The maximum atomic E-state index is 11.0. The minimum Gasteiger partial charge on any atom is -0.487 e. The van der Waals surface area contributed by atoms with Gasteiger partial charge in [-0.3, -0.25) is 0 Å². The van der Waals surface area contributed by atoms with E-state index in [0.717, 1.165) is 11.0 Å². The van der Waals surface area contributed by atoms with E-state index in [0.29, 0.717) is 16.5 Å². The Balaban J connectivity index is 2.02. The van der Waals surface area contributed by atoms with Crippen LogP contribution in [0.3, 0.4) is 0 Å². The van der Waals surface area contributed by atoms with Gasteiger partial charge >= 0.3 is 0 Å². The summed E-state index contributed by atoms with van der Waals surface area (Å²) in [5.74, 6) is 0.577. The van der Waals surface area contributed by atoms with E-state index in [9.17, 15) is 8.42 Å². The molecule has 0 spiro atoms. The van der Waals surface area contributed by atoms with E-state index in [1.54, 1.807) is 24.3 Å². The molecule has 84 valence electrons. The Kier molecular flexibility index (Phi) is 2.98. The summed E-state index contributed by atoms with van der Waals surface area (Å²) in [6.07, 6.45) is 0. The molecule has 0 bridgehead atoms. The smallest absolute Gasteiger partial charge is 0.212 e. The van der Waals surface area contributed by atoms with Gasteiger partial charge in [0, 0.05) is 5.02 Å². The van der Waals surface area contributed by atoms with Crippen LogP contribution in [0.25, 0.3) is 0 Å². The highest BCUT2D eigenvalue weighted by Crippen LogP contribution is 2.18. The van der Waals surface area contributed by atoms with Gasteiger partial charge in [0.05, 0.1) is 11.1 Å². The highest BCUT2D eigenvalue weighted by molar-refractivity contribution is 8.07. The van der Waals surface area contributed by atoms with Crippen molar-refractivity contribution in [3.05, 3.63) is 40.4 Å². The lowest BCUT2D eigenvalue weighted by atomic mass is 10.3. The van der Waals surface area contributed by atoms with Crippen molar-refractivity contribution in [1.82, 2.24) is 0 Å². The van der Waals surface area contributed by atoms with E-state index in [1.165, 1.54) is 0 Å². The van der Waals surface area contributed by atoms with Gasteiger partial charge in [0.1, 0.15) is 17.9 Å². The van der Waals surface area contributed by atoms with Crippen LogP contribution in [0.15, 0.2) is 40.4 Å². The Labute approximate surface area is 98.1 Å². The fourth-order valence-electron chi connectivity index (χ4n) is 1.18. The zero-order valence-electron chi connectivity index (χ0n) is 8.13. The quantitative estimate of drug-likeness (QED) is 0.832. The average molecular weight is 258 g/mol. The van der Waals surface area contributed by atoms with E-state index >= 15 is 0 Å². The van der Waals surface area contributed by atoms with Crippen LogP contribution in [0.2, 0.25) is 5.02 Å². The first-order chi connectivity index (χ1) is 7.55. The van der Waals surface area contributed by atoms with Crippen molar-refractivity contribution in [2.45, 2.75) is 0 Å². The van der Waals surface area contributed by atoms with Crippen LogP contribution >= 0.6 is 11.6 Å². The SMILES string of the molecule is O=S1(=O)C=NC(COc2cccc(Cl)c2)=C1.